The Labute approximate surface area is 134 Å². The van der Waals surface area contributed by atoms with E-state index in [4.69, 9.17) is 11.6 Å². The molecule has 2 rings (SSSR count). The van der Waals surface area contributed by atoms with Crippen LogP contribution in [0.3, 0.4) is 0 Å². The molecule has 0 spiro atoms. The third kappa shape index (κ3) is 3.13. The van der Waals surface area contributed by atoms with E-state index in [1.807, 2.05) is 6.07 Å². The second kappa shape index (κ2) is 5.99. The normalized spacial score (nSPS) is 10.7. The minimum absolute atomic E-state index is 0.350. The first-order chi connectivity index (χ1) is 8.51. The number of hydrogen-bond donors (Lipinski definition) is 0. The van der Waals surface area contributed by atoms with Crippen molar-refractivity contribution in [2.75, 3.05) is 0 Å². The topological polar surface area (TPSA) is 12.9 Å². The molecule has 0 saturated carbocycles. The molecule has 6 heteroatoms. The molecule has 94 valence electrons. The van der Waals surface area contributed by atoms with Crippen LogP contribution in [0, 0.1) is 5.82 Å². The number of rotatable bonds is 2. The Balaban J connectivity index is 2.69. The Hall–Kier alpha value is 0.0300. The zero-order chi connectivity index (χ0) is 13.3. The third-order valence-corrected chi connectivity index (χ3v) is 4.20. The molecule has 0 aliphatic heterocycles. The highest BCUT2D eigenvalue weighted by Gasteiger charge is 2.13. The summed E-state index contributed by atoms with van der Waals surface area (Å²) in [4.78, 5) is 4.39. The van der Waals surface area contributed by atoms with Gasteiger partial charge in [0.2, 0.25) is 0 Å². The van der Waals surface area contributed by atoms with Crippen molar-refractivity contribution >= 4 is 59.4 Å². The number of aromatic nitrogens is 1. The van der Waals surface area contributed by atoms with E-state index in [0.717, 1.165) is 10.0 Å². The van der Waals surface area contributed by atoms with Gasteiger partial charge < -0.3 is 0 Å². The summed E-state index contributed by atoms with van der Waals surface area (Å²) in [6.07, 6.45) is 0. The molecule has 0 N–H and O–H groups in total. The predicted octanol–water partition coefficient (Wildman–Crippen LogP) is 5.96. The molecule has 0 aliphatic carbocycles. The molecule has 0 radical (unpaired) electrons. The highest BCUT2D eigenvalue weighted by atomic mass is 79.9. The minimum atomic E-state index is -0.379. The summed E-state index contributed by atoms with van der Waals surface area (Å²) in [7, 11) is 0. The monoisotopic (exact) mass is 455 g/mol. The number of nitrogens with zero attached hydrogens (tertiary/aromatic N) is 1. The van der Waals surface area contributed by atoms with E-state index in [-0.39, 0.29) is 5.82 Å². The van der Waals surface area contributed by atoms with Crippen LogP contribution in [0.5, 0.6) is 0 Å². The van der Waals surface area contributed by atoms with Gasteiger partial charge in [0.05, 0.1) is 5.69 Å². The Bertz CT molecular complexity index is 584. The molecule has 2 aromatic rings. The smallest absolute Gasteiger partial charge is 0.125 e. The quantitative estimate of drug-likeness (QED) is 0.400. The second-order valence-electron chi connectivity index (χ2n) is 3.55. The zero-order valence-corrected chi connectivity index (χ0v) is 14.4. The van der Waals surface area contributed by atoms with Gasteiger partial charge >= 0.3 is 0 Å². The molecule has 1 heterocycles. The Kier molecular flexibility index (Phi) is 4.80. The van der Waals surface area contributed by atoms with Gasteiger partial charge in [0.25, 0.3) is 0 Å². The summed E-state index contributed by atoms with van der Waals surface area (Å²) in [5.41, 5.74) is 2.28. The SMILES string of the molecule is Fc1cc(Cl)cc(-c2nc(Br)cc(Br)c2CBr)c1. The first-order valence-electron chi connectivity index (χ1n) is 4.88. The summed E-state index contributed by atoms with van der Waals surface area (Å²) in [6.45, 7) is 0. The van der Waals surface area contributed by atoms with Gasteiger partial charge in [-0.3, -0.25) is 0 Å². The van der Waals surface area contributed by atoms with Crippen LogP contribution in [0.2, 0.25) is 5.02 Å². The molecule has 0 saturated heterocycles. The van der Waals surface area contributed by atoms with Gasteiger partial charge in [-0.15, -0.1) is 0 Å². The van der Waals surface area contributed by atoms with Gasteiger partial charge in [0.1, 0.15) is 10.4 Å². The molecule has 1 aromatic carbocycles. The number of alkyl halides is 1. The highest BCUT2D eigenvalue weighted by molar-refractivity contribution is 9.11. The van der Waals surface area contributed by atoms with E-state index in [2.05, 4.69) is 52.8 Å². The van der Waals surface area contributed by atoms with Crippen LogP contribution in [0.25, 0.3) is 11.3 Å². The predicted molar refractivity (Wildman–Crippen MR) is 82.7 cm³/mol. The van der Waals surface area contributed by atoms with Gasteiger partial charge in [0, 0.05) is 26.0 Å². The summed E-state index contributed by atoms with van der Waals surface area (Å²) in [6, 6.07) is 6.23. The highest BCUT2D eigenvalue weighted by Crippen LogP contribution is 2.33. The Morgan fingerprint density at radius 1 is 1.17 bits per heavy atom. The number of halogens is 5. The summed E-state index contributed by atoms with van der Waals surface area (Å²) < 4.78 is 15.0. The average molecular weight is 458 g/mol. The second-order valence-corrected chi connectivity index (χ2v) is 6.21. The standard InChI is InChI=1S/C12H6Br3ClFN/c13-5-9-10(14)4-11(15)18-12(9)6-1-7(16)3-8(17)2-6/h1-4H,5H2. The van der Waals surface area contributed by atoms with E-state index >= 15 is 0 Å². The first-order valence-corrected chi connectivity index (χ1v) is 7.97. The Morgan fingerprint density at radius 3 is 2.50 bits per heavy atom. The maximum atomic E-state index is 13.4. The summed E-state index contributed by atoms with van der Waals surface area (Å²) >= 11 is 16.1. The van der Waals surface area contributed by atoms with E-state index in [1.54, 1.807) is 6.07 Å². The van der Waals surface area contributed by atoms with Crippen LogP contribution in [0.15, 0.2) is 33.3 Å². The van der Waals surface area contributed by atoms with Crippen LogP contribution < -0.4 is 0 Å². The summed E-state index contributed by atoms with van der Waals surface area (Å²) in [5, 5.41) is 0.959. The molecule has 0 atom stereocenters. The van der Waals surface area contributed by atoms with Gasteiger partial charge in [-0.05, 0) is 40.2 Å². The van der Waals surface area contributed by atoms with Crippen LogP contribution >= 0.6 is 59.4 Å². The third-order valence-electron chi connectivity index (χ3n) is 2.31. The lowest BCUT2D eigenvalue weighted by Crippen LogP contribution is -1.94. The van der Waals surface area contributed by atoms with Crippen LogP contribution in [-0.4, -0.2) is 4.98 Å². The summed E-state index contributed by atoms with van der Waals surface area (Å²) in [5.74, 6) is -0.379. The van der Waals surface area contributed by atoms with Crippen molar-refractivity contribution in [3.63, 3.8) is 0 Å². The van der Waals surface area contributed by atoms with Gasteiger partial charge in [0.15, 0.2) is 0 Å². The fraction of sp³-hybridized carbons (Fsp3) is 0.0833. The van der Waals surface area contributed by atoms with E-state index < -0.39 is 0 Å². The van der Waals surface area contributed by atoms with Gasteiger partial charge in [-0.2, -0.15) is 0 Å². The lowest BCUT2D eigenvalue weighted by molar-refractivity contribution is 0.628. The molecule has 18 heavy (non-hydrogen) atoms. The van der Waals surface area contributed by atoms with Gasteiger partial charge in [-0.1, -0.05) is 43.5 Å². The Morgan fingerprint density at radius 2 is 1.89 bits per heavy atom. The van der Waals surface area contributed by atoms with Crippen LogP contribution in [0.4, 0.5) is 4.39 Å². The first kappa shape index (κ1) is 14.4. The van der Waals surface area contributed by atoms with Crippen molar-refractivity contribution in [3.05, 3.63) is 49.7 Å². The van der Waals surface area contributed by atoms with Crippen LogP contribution in [-0.2, 0) is 5.33 Å². The lowest BCUT2D eigenvalue weighted by atomic mass is 10.1. The van der Waals surface area contributed by atoms with E-state index in [9.17, 15) is 4.39 Å². The molecule has 0 aliphatic rings. The van der Waals surface area contributed by atoms with Crippen molar-refractivity contribution in [2.45, 2.75) is 5.33 Å². The van der Waals surface area contributed by atoms with Crippen molar-refractivity contribution in [3.8, 4) is 11.3 Å². The molecular weight excluding hydrogens is 452 g/mol. The number of hydrogen-bond acceptors (Lipinski definition) is 1. The average Bonchev–Trinajstić information content (AvgIpc) is 2.26. The van der Waals surface area contributed by atoms with Crippen molar-refractivity contribution < 1.29 is 4.39 Å². The molecule has 1 aromatic heterocycles. The maximum absolute atomic E-state index is 13.4. The van der Waals surface area contributed by atoms with E-state index in [1.165, 1.54) is 12.1 Å². The number of benzene rings is 1. The van der Waals surface area contributed by atoms with Crippen molar-refractivity contribution in [1.29, 1.82) is 0 Å². The maximum Gasteiger partial charge on any atom is 0.125 e. The molecule has 1 nitrogen and oxygen atoms in total. The van der Waals surface area contributed by atoms with Crippen LogP contribution in [0.1, 0.15) is 5.56 Å². The molecular formula is C12H6Br3ClFN. The fourth-order valence-corrected chi connectivity index (χ4v) is 3.99. The fourth-order valence-electron chi connectivity index (χ4n) is 1.57. The number of pyridine rings is 1. The molecule has 0 unspecified atom stereocenters. The largest absolute Gasteiger partial charge is 0.241 e. The minimum Gasteiger partial charge on any atom is -0.241 e. The molecule has 0 bridgehead atoms. The van der Waals surface area contributed by atoms with Crippen molar-refractivity contribution in [2.24, 2.45) is 0 Å². The molecule has 0 fully saturated rings. The zero-order valence-electron chi connectivity index (χ0n) is 8.85. The van der Waals surface area contributed by atoms with E-state index in [0.29, 0.717) is 26.2 Å². The van der Waals surface area contributed by atoms with Gasteiger partial charge in [-0.25, -0.2) is 9.37 Å². The van der Waals surface area contributed by atoms with Crippen molar-refractivity contribution in [1.82, 2.24) is 4.98 Å². The molecule has 0 amide bonds. The lowest BCUT2D eigenvalue weighted by Gasteiger charge is -2.10.